The minimum absolute atomic E-state index is 0.0625. The molecule has 1 amide bonds. The standard InChI is InChI=1S/C18H27ClN4O2.C4H8F2.C2H6.CH3Cl/c1-4-23(20-6-5-19)14-18(24)22-9-7-21(8-10-22)16-11-15(2)12-17(13-16)25-3;1-3-4(2,5)6;2*1-2/h6,11-13H,4-5,7-10,14H2,1-3H3;3H2,1-2H3;1-2H3;1H3/b20-6-;;;. The summed E-state index contributed by atoms with van der Waals surface area (Å²) in [5.74, 6) is -1.14. The van der Waals surface area contributed by atoms with E-state index in [-0.39, 0.29) is 12.3 Å². The summed E-state index contributed by atoms with van der Waals surface area (Å²) < 4.78 is 28.3. The van der Waals surface area contributed by atoms with Gasteiger partial charge in [-0.2, -0.15) is 5.10 Å². The second-order valence-electron chi connectivity index (χ2n) is 7.43. The summed E-state index contributed by atoms with van der Waals surface area (Å²) in [6, 6.07) is 6.22. The Bertz CT molecular complexity index is 711. The van der Waals surface area contributed by atoms with Crippen molar-refractivity contribution in [3.63, 3.8) is 0 Å². The number of nitrogens with zero attached hydrogens (tertiary/aromatic N) is 4. The lowest BCUT2D eigenvalue weighted by Gasteiger charge is -2.37. The highest BCUT2D eigenvalue weighted by molar-refractivity contribution is 6.24. The molecule has 0 unspecified atom stereocenters. The second-order valence-corrected chi connectivity index (χ2v) is 7.74. The molecule has 2 rings (SSSR count). The molecule has 0 bridgehead atoms. The van der Waals surface area contributed by atoms with Crippen LogP contribution < -0.4 is 9.64 Å². The summed E-state index contributed by atoms with van der Waals surface area (Å²) in [5.41, 5.74) is 2.31. The van der Waals surface area contributed by atoms with E-state index in [9.17, 15) is 13.6 Å². The van der Waals surface area contributed by atoms with Gasteiger partial charge >= 0.3 is 0 Å². The van der Waals surface area contributed by atoms with E-state index in [0.717, 1.165) is 31.5 Å². The van der Waals surface area contributed by atoms with Crippen molar-refractivity contribution in [3.05, 3.63) is 23.8 Å². The third kappa shape index (κ3) is 15.7. The second kappa shape index (κ2) is 20.4. The minimum Gasteiger partial charge on any atom is -0.497 e. The van der Waals surface area contributed by atoms with Crippen LogP contribution in [0.5, 0.6) is 5.75 Å². The lowest BCUT2D eigenvalue weighted by Crippen LogP contribution is -2.51. The number of ether oxygens (including phenoxy) is 1. The Kier molecular flexibility index (Phi) is 20.6. The molecule has 10 heteroatoms. The number of rotatable bonds is 8. The fourth-order valence-corrected chi connectivity index (χ4v) is 2.94. The number of amides is 1. The molecular formula is C25H44Cl2F2N4O2. The Morgan fingerprint density at radius 1 is 1.17 bits per heavy atom. The summed E-state index contributed by atoms with van der Waals surface area (Å²) in [6.45, 7) is 14.4. The lowest BCUT2D eigenvalue weighted by molar-refractivity contribution is -0.132. The van der Waals surface area contributed by atoms with Gasteiger partial charge in [0.15, 0.2) is 0 Å². The average molecular weight is 542 g/mol. The molecule has 204 valence electrons. The number of likely N-dealkylation sites (N-methyl/N-ethyl adjacent to an activating group) is 1. The monoisotopic (exact) mass is 540 g/mol. The molecule has 0 aliphatic carbocycles. The maximum absolute atomic E-state index is 12.5. The van der Waals surface area contributed by atoms with Crippen molar-refractivity contribution in [2.24, 2.45) is 5.10 Å². The summed E-state index contributed by atoms with van der Waals surface area (Å²) in [4.78, 5) is 16.7. The maximum Gasteiger partial charge on any atom is 0.245 e. The van der Waals surface area contributed by atoms with E-state index >= 15 is 0 Å². The van der Waals surface area contributed by atoms with Crippen LogP contribution in [0, 0.1) is 6.92 Å². The quantitative estimate of drug-likeness (QED) is 0.226. The Balaban J connectivity index is 0. The summed E-state index contributed by atoms with van der Waals surface area (Å²) in [5, 5.41) is 5.93. The smallest absolute Gasteiger partial charge is 0.245 e. The first kappa shape index (κ1) is 35.4. The zero-order valence-corrected chi connectivity index (χ0v) is 24.1. The molecule has 0 saturated carbocycles. The first-order chi connectivity index (χ1) is 16.6. The SMILES string of the molecule is CC.CCC(C)(F)F.CCN(CC(=O)N1CCN(c2cc(C)cc(OC)c2)CC1)/N=C\CCl.CCl. The van der Waals surface area contributed by atoms with Crippen LogP contribution in [0.15, 0.2) is 23.3 Å². The number of alkyl halides is 4. The van der Waals surface area contributed by atoms with Gasteiger partial charge in [0.2, 0.25) is 11.8 Å². The zero-order chi connectivity index (χ0) is 27.4. The van der Waals surface area contributed by atoms with E-state index in [1.807, 2.05) is 37.8 Å². The molecule has 0 radical (unpaired) electrons. The van der Waals surface area contributed by atoms with Crippen LogP contribution >= 0.6 is 23.2 Å². The predicted octanol–water partition coefficient (Wildman–Crippen LogP) is 6.13. The molecule has 0 N–H and O–H groups in total. The molecule has 1 heterocycles. The van der Waals surface area contributed by atoms with Gasteiger partial charge in [-0.3, -0.25) is 9.80 Å². The van der Waals surface area contributed by atoms with E-state index < -0.39 is 5.92 Å². The topological polar surface area (TPSA) is 48.4 Å². The Morgan fingerprint density at radius 2 is 1.71 bits per heavy atom. The molecular weight excluding hydrogens is 497 g/mol. The van der Waals surface area contributed by atoms with Crippen molar-refractivity contribution in [1.82, 2.24) is 9.91 Å². The molecule has 0 spiro atoms. The van der Waals surface area contributed by atoms with Crippen molar-refractivity contribution in [1.29, 1.82) is 0 Å². The summed E-state index contributed by atoms with van der Waals surface area (Å²) >= 11 is 10.2. The van der Waals surface area contributed by atoms with Crippen LogP contribution in [0.1, 0.15) is 46.6 Å². The first-order valence-corrected chi connectivity index (χ1v) is 13.2. The molecule has 1 aliphatic heterocycles. The number of methoxy groups -OCH3 is 1. The third-order valence-corrected chi connectivity index (χ3v) is 5.02. The van der Waals surface area contributed by atoms with Gasteiger partial charge in [0, 0.05) is 63.5 Å². The van der Waals surface area contributed by atoms with Crippen LogP contribution in [0.3, 0.4) is 0 Å². The van der Waals surface area contributed by atoms with Gasteiger partial charge in [0.25, 0.3) is 0 Å². The third-order valence-electron chi connectivity index (χ3n) is 4.89. The van der Waals surface area contributed by atoms with E-state index in [1.54, 1.807) is 18.3 Å². The van der Waals surface area contributed by atoms with Crippen LogP contribution in [0.25, 0.3) is 0 Å². The Morgan fingerprint density at radius 3 is 2.14 bits per heavy atom. The number of aryl methyl sites for hydroxylation is 1. The normalized spacial score (nSPS) is 13.0. The molecule has 0 aromatic heterocycles. The number of halogens is 4. The number of piperazine rings is 1. The van der Waals surface area contributed by atoms with Crippen LogP contribution in [0.4, 0.5) is 14.5 Å². The summed E-state index contributed by atoms with van der Waals surface area (Å²) in [6.07, 6.45) is 3.02. The van der Waals surface area contributed by atoms with Gasteiger partial charge in [0.05, 0.1) is 13.0 Å². The molecule has 35 heavy (non-hydrogen) atoms. The number of hydrogen-bond donors (Lipinski definition) is 0. The van der Waals surface area contributed by atoms with Gasteiger partial charge < -0.3 is 14.5 Å². The van der Waals surface area contributed by atoms with Gasteiger partial charge in [-0.1, -0.05) is 20.8 Å². The highest BCUT2D eigenvalue weighted by Gasteiger charge is 2.22. The predicted molar refractivity (Wildman–Crippen MR) is 147 cm³/mol. The van der Waals surface area contributed by atoms with Gasteiger partial charge in [-0.25, -0.2) is 8.78 Å². The van der Waals surface area contributed by atoms with Crippen molar-refractivity contribution < 1.29 is 18.3 Å². The van der Waals surface area contributed by atoms with E-state index in [1.165, 1.54) is 18.9 Å². The molecule has 1 fully saturated rings. The molecule has 1 aromatic carbocycles. The number of hydrogen-bond acceptors (Lipinski definition) is 5. The van der Waals surface area contributed by atoms with Crippen molar-refractivity contribution in [3.8, 4) is 5.75 Å². The number of anilines is 1. The van der Waals surface area contributed by atoms with E-state index in [0.29, 0.717) is 32.1 Å². The van der Waals surface area contributed by atoms with Crippen LogP contribution in [-0.4, -0.2) is 86.6 Å². The van der Waals surface area contributed by atoms with E-state index in [2.05, 4.69) is 34.6 Å². The molecule has 0 atom stereocenters. The fraction of sp³-hybridized carbons (Fsp3) is 0.680. The average Bonchev–Trinajstić information content (AvgIpc) is 2.88. The number of hydrazone groups is 1. The Labute approximate surface area is 221 Å². The maximum atomic E-state index is 12.5. The number of carbonyl (C=O) groups is 1. The van der Waals surface area contributed by atoms with Crippen molar-refractivity contribution >= 4 is 41.0 Å². The van der Waals surface area contributed by atoms with Gasteiger partial charge in [-0.15, -0.1) is 23.2 Å². The summed E-state index contributed by atoms with van der Waals surface area (Å²) in [7, 11) is 1.68. The lowest BCUT2D eigenvalue weighted by atomic mass is 10.1. The minimum atomic E-state index is -2.46. The molecule has 1 saturated heterocycles. The fourth-order valence-electron chi connectivity index (χ4n) is 2.88. The van der Waals surface area contributed by atoms with E-state index in [4.69, 9.17) is 16.3 Å². The molecule has 6 nitrogen and oxygen atoms in total. The first-order valence-electron chi connectivity index (χ1n) is 11.9. The largest absolute Gasteiger partial charge is 0.497 e. The van der Waals surface area contributed by atoms with Crippen molar-refractivity contribution in [2.45, 2.75) is 53.9 Å². The highest BCUT2D eigenvalue weighted by atomic mass is 35.5. The molecule has 1 aliphatic rings. The van der Waals surface area contributed by atoms with Gasteiger partial charge in [0.1, 0.15) is 12.3 Å². The van der Waals surface area contributed by atoms with Gasteiger partial charge in [-0.05, 0) is 38.5 Å². The van der Waals surface area contributed by atoms with Crippen LogP contribution in [0.2, 0.25) is 0 Å². The van der Waals surface area contributed by atoms with Crippen molar-refractivity contribution in [2.75, 3.05) is 63.5 Å². The van der Waals surface area contributed by atoms with Crippen LogP contribution in [-0.2, 0) is 4.79 Å². The Hall–Kier alpha value is -1.80. The zero-order valence-electron chi connectivity index (χ0n) is 22.6. The number of benzene rings is 1. The number of carbonyl (C=O) groups excluding carboxylic acids is 1. The highest BCUT2D eigenvalue weighted by Crippen LogP contribution is 2.24. The molecule has 1 aromatic rings.